The largest absolute Gasteiger partial charge is 0.298 e. The Bertz CT molecular complexity index is 1430. The van der Waals surface area contributed by atoms with E-state index in [0.29, 0.717) is 0 Å². The minimum absolute atomic E-state index is 0.135. The average molecular weight is 607 g/mol. The Morgan fingerprint density at radius 2 is 0.780 bits per heavy atom. The van der Waals surface area contributed by atoms with Crippen molar-refractivity contribution in [2.24, 2.45) is 0 Å². The van der Waals surface area contributed by atoms with Crippen molar-refractivity contribution in [2.45, 2.75) is 24.3 Å². The zero-order valence-electron chi connectivity index (χ0n) is 19.6. The van der Waals surface area contributed by atoms with Crippen LogP contribution in [0.2, 0.25) is 0 Å². The summed E-state index contributed by atoms with van der Waals surface area (Å²) in [6, 6.07) is 0. The number of halogens is 15. The summed E-state index contributed by atoms with van der Waals surface area (Å²) in [6.07, 6.45) is -2.98. The Morgan fingerprint density at radius 1 is 0.488 bits per heavy atom. The monoisotopic (exact) mass is 607 g/mol. The highest BCUT2D eigenvalue weighted by Crippen LogP contribution is 2.56. The molecule has 0 aliphatic carbocycles. The molecule has 17 heteroatoms. The molecule has 1 aliphatic rings. The fraction of sp³-hybridized carbons (Fsp3) is 0.250. The highest BCUT2D eigenvalue weighted by molar-refractivity contribution is 6.08. The summed E-state index contributed by atoms with van der Waals surface area (Å²) < 4.78 is 220. The van der Waals surface area contributed by atoms with Crippen LogP contribution in [-0.4, -0.2) is 25.7 Å². The quantitative estimate of drug-likeness (QED) is 0.134. The van der Waals surface area contributed by atoms with Crippen molar-refractivity contribution in [3.8, 4) is 0 Å². The van der Waals surface area contributed by atoms with Crippen LogP contribution in [0.5, 0.6) is 0 Å². The van der Waals surface area contributed by atoms with Crippen molar-refractivity contribution in [1.29, 1.82) is 0 Å². The predicted molar refractivity (Wildman–Crippen MR) is 109 cm³/mol. The third kappa shape index (κ3) is 4.01. The molecule has 3 aromatic rings. The number of benzene rings is 3. The molecule has 0 spiro atoms. The third-order valence-corrected chi connectivity index (χ3v) is 6.92. The van der Waals surface area contributed by atoms with Gasteiger partial charge in [0, 0.05) is 11.5 Å². The van der Waals surface area contributed by atoms with Gasteiger partial charge >= 0.3 is 0 Å². The molecule has 1 fully saturated rings. The van der Waals surface area contributed by atoms with Gasteiger partial charge in [0.1, 0.15) is 0 Å². The summed E-state index contributed by atoms with van der Waals surface area (Å²) in [5, 5.41) is 0. The number of hydrogen-bond acceptors (Lipinski definition) is 1. The van der Waals surface area contributed by atoms with E-state index in [-0.39, 0.29) is 4.90 Å². The molecule has 1 aliphatic heterocycles. The zero-order valence-corrected chi connectivity index (χ0v) is 19.6. The van der Waals surface area contributed by atoms with Crippen LogP contribution in [0, 0.1) is 87.3 Å². The molecule has 0 aromatic heterocycles. The van der Waals surface area contributed by atoms with E-state index >= 15 is 26.3 Å². The van der Waals surface area contributed by atoms with Gasteiger partial charge in [0.25, 0.3) is 0 Å². The summed E-state index contributed by atoms with van der Waals surface area (Å²) in [7, 11) is 5.48. The second kappa shape index (κ2) is 10.5. The van der Waals surface area contributed by atoms with Gasteiger partial charge in [-0.15, -0.1) is 0 Å². The van der Waals surface area contributed by atoms with Crippen LogP contribution in [-0.2, 0) is 5.54 Å². The van der Waals surface area contributed by atoms with Crippen molar-refractivity contribution in [1.82, 2.24) is 4.90 Å². The minimum Gasteiger partial charge on any atom is -0.298 e. The average Bonchev–Trinajstić information content (AvgIpc) is 2.95. The molecule has 0 N–H and O–H groups in total. The highest BCUT2D eigenvalue weighted by atomic mass is 19.2. The molecule has 41 heavy (non-hydrogen) atoms. The molecule has 0 saturated carbocycles. The molecular formula is C24H9BF15N. The Kier molecular flexibility index (Phi) is 7.82. The summed E-state index contributed by atoms with van der Waals surface area (Å²) >= 11 is 0. The summed E-state index contributed by atoms with van der Waals surface area (Å²) in [4.78, 5) is 0.135. The lowest BCUT2D eigenvalue weighted by molar-refractivity contribution is 0.0534. The molecule has 0 amide bonds. The van der Waals surface area contributed by atoms with Crippen LogP contribution in [0.3, 0.4) is 0 Å². The summed E-state index contributed by atoms with van der Waals surface area (Å²) in [5.74, 6) is -45.9. The van der Waals surface area contributed by atoms with E-state index in [2.05, 4.69) is 0 Å². The SMILES string of the molecule is [B]CN1CCCC(c2c(F)c(F)c(F)c(F)c2F)C1(c1c(F)c(F)c(F)c(F)c1F)c1c(F)c(F)c(F)c(F)c1F. The van der Waals surface area contributed by atoms with Crippen LogP contribution >= 0.6 is 0 Å². The van der Waals surface area contributed by atoms with E-state index < -0.39 is 141 Å². The summed E-state index contributed by atoms with van der Waals surface area (Å²) in [6.45, 7) is -0.846. The predicted octanol–water partition coefficient (Wildman–Crippen LogP) is 7.02. The molecule has 4 rings (SSSR count). The highest BCUT2D eigenvalue weighted by Gasteiger charge is 2.58. The molecular weight excluding hydrogens is 598 g/mol. The Morgan fingerprint density at radius 3 is 1.10 bits per heavy atom. The molecule has 1 unspecified atom stereocenters. The summed E-state index contributed by atoms with van der Waals surface area (Å²) in [5.41, 5.74) is -11.1. The first-order chi connectivity index (χ1) is 19.1. The Balaban J connectivity index is 2.40. The van der Waals surface area contributed by atoms with Crippen molar-refractivity contribution in [2.75, 3.05) is 13.0 Å². The third-order valence-electron chi connectivity index (χ3n) is 6.92. The maximum Gasteiger partial charge on any atom is 0.200 e. The normalized spacial score (nSPS) is 17.4. The first kappa shape index (κ1) is 30.6. The van der Waals surface area contributed by atoms with Crippen LogP contribution in [0.15, 0.2) is 0 Å². The number of likely N-dealkylation sites (tertiary alicyclic amines) is 1. The van der Waals surface area contributed by atoms with E-state index in [4.69, 9.17) is 7.85 Å². The molecule has 218 valence electrons. The van der Waals surface area contributed by atoms with Crippen molar-refractivity contribution in [3.63, 3.8) is 0 Å². The van der Waals surface area contributed by atoms with E-state index in [0.717, 1.165) is 0 Å². The number of hydrogen-bond donors (Lipinski definition) is 0. The van der Waals surface area contributed by atoms with Crippen LogP contribution in [0.25, 0.3) is 0 Å². The first-order valence-corrected chi connectivity index (χ1v) is 11.1. The van der Waals surface area contributed by atoms with Gasteiger partial charge < -0.3 is 0 Å². The molecule has 3 aromatic carbocycles. The van der Waals surface area contributed by atoms with Crippen molar-refractivity contribution in [3.05, 3.63) is 104 Å². The molecule has 1 atom stereocenters. The van der Waals surface area contributed by atoms with Gasteiger partial charge in [-0.3, -0.25) is 4.90 Å². The Hall–Kier alpha value is -3.37. The minimum atomic E-state index is -4.10. The van der Waals surface area contributed by atoms with Crippen molar-refractivity contribution >= 4 is 7.85 Å². The van der Waals surface area contributed by atoms with E-state index in [1.807, 2.05) is 0 Å². The molecule has 1 nitrogen and oxygen atoms in total. The van der Waals surface area contributed by atoms with Gasteiger partial charge in [-0.1, -0.05) is 0 Å². The lowest BCUT2D eigenvalue weighted by Crippen LogP contribution is -2.57. The molecule has 2 radical (unpaired) electrons. The van der Waals surface area contributed by atoms with E-state index in [1.54, 1.807) is 0 Å². The van der Waals surface area contributed by atoms with Crippen LogP contribution in [0.1, 0.15) is 35.4 Å². The number of nitrogens with zero attached hydrogens (tertiary/aromatic N) is 1. The Labute approximate surface area is 220 Å². The molecule has 1 heterocycles. The van der Waals surface area contributed by atoms with Gasteiger partial charge in [-0.25, -0.2) is 65.9 Å². The topological polar surface area (TPSA) is 3.24 Å². The molecule has 0 bridgehead atoms. The maximum absolute atomic E-state index is 15.4. The second-order valence-corrected chi connectivity index (χ2v) is 8.78. The standard InChI is InChI=1S/C24H9BF15N/c25-4-41-3-1-2-5(6-9(26)15(32)21(38)16(33)10(6)27)24(41,7-11(28)17(34)22(39)18(35)12(7)29)8-13(30)19(36)23(40)20(37)14(8)31/h5H,1-4H2. The van der Waals surface area contributed by atoms with Gasteiger partial charge in [0.2, 0.25) is 17.5 Å². The number of rotatable bonds is 4. The molecule has 1 saturated heterocycles. The fourth-order valence-corrected chi connectivity index (χ4v) is 5.28. The maximum atomic E-state index is 15.4. The smallest absolute Gasteiger partial charge is 0.200 e. The van der Waals surface area contributed by atoms with Gasteiger partial charge in [0.05, 0.1) is 24.5 Å². The lowest BCUT2D eigenvalue weighted by Gasteiger charge is -2.53. The van der Waals surface area contributed by atoms with E-state index in [9.17, 15) is 39.5 Å². The second-order valence-electron chi connectivity index (χ2n) is 8.78. The van der Waals surface area contributed by atoms with Gasteiger partial charge in [-0.2, -0.15) is 0 Å². The first-order valence-electron chi connectivity index (χ1n) is 11.1. The van der Waals surface area contributed by atoms with Gasteiger partial charge in [-0.05, 0) is 25.8 Å². The van der Waals surface area contributed by atoms with Crippen LogP contribution < -0.4 is 0 Å². The van der Waals surface area contributed by atoms with E-state index in [1.165, 1.54) is 0 Å². The number of piperidine rings is 1. The van der Waals surface area contributed by atoms with Gasteiger partial charge in [0.15, 0.2) is 69.8 Å². The fourth-order valence-electron chi connectivity index (χ4n) is 5.28. The van der Waals surface area contributed by atoms with Crippen LogP contribution in [0.4, 0.5) is 65.9 Å². The van der Waals surface area contributed by atoms with Crippen molar-refractivity contribution < 1.29 is 65.9 Å². The zero-order chi connectivity index (χ0) is 30.9. The lowest BCUT2D eigenvalue weighted by atomic mass is 9.63.